The fourth-order valence-electron chi connectivity index (χ4n) is 1.49. The van der Waals surface area contributed by atoms with E-state index in [9.17, 15) is 4.39 Å². The van der Waals surface area contributed by atoms with Gasteiger partial charge in [0.25, 0.3) is 0 Å². The molecule has 0 aliphatic rings. The third kappa shape index (κ3) is 2.25. The van der Waals surface area contributed by atoms with Gasteiger partial charge in [0.1, 0.15) is 0 Å². The number of aryl methyl sites for hydroxylation is 1. The third-order valence-electron chi connectivity index (χ3n) is 2.44. The van der Waals surface area contributed by atoms with Crippen LogP contribution in [0.4, 0.5) is 4.39 Å². The van der Waals surface area contributed by atoms with Crippen LogP contribution in [0.5, 0.6) is 0 Å². The van der Waals surface area contributed by atoms with Crippen LogP contribution < -0.4 is 5.73 Å². The molecule has 0 aliphatic heterocycles. The van der Waals surface area contributed by atoms with Gasteiger partial charge in [-0.1, -0.05) is 0 Å². The first-order valence-electron chi connectivity index (χ1n) is 5.01. The molecule has 5 heteroatoms. The van der Waals surface area contributed by atoms with Crippen LogP contribution in [0.2, 0.25) is 0 Å². The van der Waals surface area contributed by atoms with E-state index >= 15 is 0 Å². The lowest BCUT2D eigenvalue weighted by Gasteiger charge is -2.05. The Hall–Kier alpha value is -1.75. The van der Waals surface area contributed by atoms with Crippen molar-refractivity contribution in [3.05, 3.63) is 47.3 Å². The van der Waals surface area contributed by atoms with Gasteiger partial charge < -0.3 is 5.73 Å². The first-order valence-corrected chi connectivity index (χ1v) is 5.01. The van der Waals surface area contributed by atoms with Crippen molar-refractivity contribution in [1.82, 2.24) is 14.8 Å². The normalized spacial score (nSPS) is 10.7. The van der Waals surface area contributed by atoms with E-state index in [2.05, 4.69) is 10.1 Å². The molecule has 0 fully saturated rings. The molecule has 0 saturated heterocycles. The van der Waals surface area contributed by atoms with Crippen LogP contribution in [0.15, 0.2) is 24.7 Å². The SMILES string of the molecule is Cc1cc(F)ncc1Cn1cc(CN)cn1. The molecular weight excluding hydrogens is 207 g/mol. The number of halogens is 1. The third-order valence-corrected chi connectivity index (χ3v) is 2.44. The van der Waals surface area contributed by atoms with Gasteiger partial charge in [0, 0.05) is 24.5 Å². The number of nitrogens with zero attached hydrogens (tertiary/aromatic N) is 3. The predicted octanol–water partition coefficient (Wildman–Crippen LogP) is 1.23. The van der Waals surface area contributed by atoms with Crippen molar-refractivity contribution >= 4 is 0 Å². The second-order valence-corrected chi connectivity index (χ2v) is 3.68. The molecule has 0 unspecified atom stereocenters. The molecule has 0 bridgehead atoms. The van der Waals surface area contributed by atoms with Gasteiger partial charge in [0.15, 0.2) is 0 Å². The zero-order chi connectivity index (χ0) is 11.5. The molecule has 4 nitrogen and oxygen atoms in total. The Bertz CT molecular complexity index is 492. The summed E-state index contributed by atoms with van der Waals surface area (Å²) in [5, 5.41) is 4.16. The van der Waals surface area contributed by atoms with Gasteiger partial charge in [0.05, 0.1) is 12.7 Å². The molecule has 2 heterocycles. The van der Waals surface area contributed by atoms with E-state index in [-0.39, 0.29) is 0 Å². The van der Waals surface area contributed by atoms with E-state index in [0.717, 1.165) is 16.7 Å². The van der Waals surface area contributed by atoms with Crippen LogP contribution in [0.25, 0.3) is 0 Å². The monoisotopic (exact) mass is 220 g/mol. The maximum Gasteiger partial charge on any atom is 0.213 e. The summed E-state index contributed by atoms with van der Waals surface area (Å²) in [7, 11) is 0. The van der Waals surface area contributed by atoms with Gasteiger partial charge >= 0.3 is 0 Å². The summed E-state index contributed by atoms with van der Waals surface area (Å²) in [6.45, 7) is 2.91. The zero-order valence-corrected chi connectivity index (χ0v) is 9.02. The van der Waals surface area contributed by atoms with Crippen LogP contribution in [0, 0.1) is 12.9 Å². The Morgan fingerprint density at radius 1 is 1.44 bits per heavy atom. The maximum absolute atomic E-state index is 12.8. The topological polar surface area (TPSA) is 56.7 Å². The molecule has 84 valence electrons. The summed E-state index contributed by atoms with van der Waals surface area (Å²) >= 11 is 0. The molecule has 0 aromatic carbocycles. The molecule has 16 heavy (non-hydrogen) atoms. The van der Waals surface area contributed by atoms with Crippen molar-refractivity contribution in [3.63, 3.8) is 0 Å². The lowest BCUT2D eigenvalue weighted by atomic mass is 10.1. The summed E-state index contributed by atoms with van der Waals surface area (Å²) in [6, 6.07) is 1.42. The van der Waals surface area contributed by atoms with Crippen LogP contribution in [-0.4, -0.2) is 14.8 Å². The van der Waals surface area contributed by atoms with E-state index in [0.29, 0.717) is 13.1 Å². The summed E-state index contributed by atoms with van der Waals surface area (Å²) in [6.07, 6.45) is 5.14. The van der Waals surface area contributed by atoms with Gasteiger partial charge in [-0.05, 0) is 24.1 Å². The van der Waals surface area contributed by atoms with Gasteiger partial charge in [-0.15, -0.1) is 0 Å². The molecule has 0 spiro atoms. The van der Waals surface area contributed by atoms with Crippen molar-refractivity contribution in [2.24, 2.45) is 5.73 Å². The highest BCUT2D eigenvalue weighted by atomic mass is 19.1. The van der Waals surface area contributed by atoms with E-state index in [1.165, 1.54) is 12.3 Å². The minimum atomic E-state index is -0.454. The van der Waals surface area contributed by atoms with Crippen molar-refractivity contribution in [2.75, 3.05) is 0 Å². The highest BCUT2D eigenvalue weighted by Gasteiger charge is 2.03. The highest BCUT2D eigenvalue weighted by molar-refractivity contribution is 5.22. The average molecular weight is 220 g/mol. The Morgan fingerprint density at radius 3 is 2.88 bits per heavy atom. The van der Waals surface area contributed by atoms with Crippen molar-refractivity contribution < 1.29 is 4.39 Å². The zero-order valence-electron chi connectivity index (χ0n) is 9.02. The van der Waals surface area contributed by atoms with E-state index in [4.69, 9.17) is 5.73 Å². The molecule has 0 amide bonds. The number of hydrogen-bond acceptors (Lipinski definition) is 3. The maximum atomic E-state index is 12.8. The lowest BCUT2D eigenvalue weighted by molar-refractivity contribution is 0.577. The average Bonchev–Trinajstić information content (AvgIpc) is 2.70. The van der Waals surface area contributed by atoms with E-state index < -0.39 is 5.95 Å². The van der Waals surface area contributed by atoms with Gasteiger partial charge in [-0.2, -0.15) is 9.49 Å². The molecular formula is C11H13FN4. The van der Waals surface area contributed by atoms with Gasteiger partial charge in [-0.3, -0.25) is 4.68 Å². The smallest absolute Gasteiger partial charge is 0.213 e. The summed E-state index contributed by atoms with van der Waals surface area (Å²) in [4.78, 5) is 3.63. The quantitative estimate of drug-likeness (QED) is 0.791. The largest absolute Gasteiger partial charge is 0.326 e. The number of aromatic nitrogens is 3. The second kappa shape index (κ2) is 4.40. The number of pyridine rings is 1. The summed E-state index contributed by atoms with van der Waals surface area (Å²) in [5.41, 5.74) is 8.29. The van der Waals surface area contributed by atoms with Crippen molar-refractivity contribution in [3.8, 4) is 0 Å². The first-order chi connectivity index (χ1) is 7.69. The van der Waals surface area contributed by atoms with Crippen molar-refractivity contribution in [2.45, 2.75) is 20.0 Å². The summed E-state index contributed by atoms with van der Waals surface area (Å²) < 4.78 is 14.6. The van der Waals surface area contributed by atoms with E-state index in [1.807, 2.05) is 13.1 Å². The fourth-order valence-corrected chi connectivity index (χ4v) is 1.49. The number of rotatable bonds is 3. The summed E-state index contributed by atoms with van der Waals surface area (Å²) in [5.74, 6) is -0.454. The molecule has 0 saturated carbocycles. The Labute approximate surface area is 92.9 Å². The second-order valence-electron chi connectivity index (χ2n) is 3.68. The molecule has 0 aliphatic carbocycles. The molecule has 0 atom stereocenters. The predicted molar refractivity (Wildman–Crippen MR) is 58.2 cm³/mol. The molecule has 2 aromatic heterocycles. The van der Waals surface area contributed by atoms with Gasteiger partial charge in [0.2, 0.25) is 5.95 Å². The Balaban J connectivity index is 2.20. The van der Waals surface area contributed by atoms with Crippen LogP contribution in [0.1, 0.15) is 16.7 Å². The molecule has 0 radical (unpaired) electrons. The highest BCUT2D eigenvalue weighted by Crippen LogP contribution is 2.09. The minimum Gasteiger partial charge on any atom is -0.326 e. The lowest BCUT2D eigenvalue weighted by Crippen LogP contribution is -2.03. The fraction of sp³-hybridized carbons (Fsp3) is 0.273. The van der Waals surface area contributed by atoms with Crippen LogP contribution in [-0.2, 0) is 13.1 Å². The Kier molecular flexibility index (Phi) is 2.96. The van der Waals surface area contributed by atoms with Crippen LogP contribution >= 0.6 is 0 Å². The Morgan fingerprint density at radius 2 is 2.25 bits per heavy atom. The first kappa shape index (κ1) is 10.8. The molecule has 2 aromatic rings. The number of nitrogens with two attached hydrogens (primary N) is 1. The molecule has 2 rings (SSSR count). The molecule has 2 N–H and O–H groups in total. The van der Waals surface area contributed by atoms with E-state index in [1.54, 1.807) is 10.9 Å². The van der Waals surface area contributed by atoms with Gasteiger partial charge in [-0.25, -0.2) is 4.98 Å². The minimum absolute atomic E-state index is 0.454. The van der Waals surface area contributed by atoms with Crippen LogP contribution in [0.3, 0.4) is 0 Å². The standard InChI is InChI=1S/C11H13FN4/c1-8-2-11(12)14-5-10(8)7-16-6-9(3-13)4-15-16/h2,4-6H,3,7,13H2,1H3. The van der Waals surface area contributed by atoms with Crippen molar-refractivity contribution in [1.29, 1.82) is 0 Å². The number of hydrogen-bond donors (Lipinski definition) is 1.